The van der Waals surface area contributed by atoms with E-state index >= 15 is 0 Å². The monoisotopic (exact) mass is 398 g/mol. The normalized spacial score (nSPS) is 24.9. The summed E-state index contributed by atoms with van der Waals surface area (Å²) in [6.45, 7) is 13.9. The van der Waals surface area contributed by atoms with E-state index in [0.29, 0.717) is 6.04 Å². The minimum atomic E-state index is 0.0968. The number of aromatic nitrogens is 1. The summed E-state index contributed by atoms with van der Waals surface area (Å²) < 4.78 is 0. The molecule has 29 heavy (non-hydrogen) atoms. The van der Waals surface area contributed by atoms with Crippen molar-refractivity contribution >= 4 is 5.82 Å². The highest BCUT2D eigenvalue weighted by Gasteiger charge is 2.27. The smallest absolute Gasteiger partial charge is 0.140 e. The van der Waals surface area contributed by atoms with Crippen LogP contribution in [0.2, 0.25) is 0 Å². The summed E-state index contributed by atoms with van der Waals surface area (Å²) in [7, 11) is 0. The van der Waals surface area contributed by atoms with Crippen LogP contribution in [-0.4, -0.2) is 66.1 Å². The van der Waals surface area contributed by atoms with E-state index in [0.717, 1.165) is 43.6 Å². The maximum Gasteiger partial charge on any atom is 0.140 e. The molecule has 160 valence electrons. The van der Waals surface area contributed by atoms with Crippen LogP contribution in [0.15, 0.2) is 30.1 Å². The van der Waals surface area contributed by atoms with Gasteiger partial charge in [-0.1, -0.05) is 13.0 Å². The third-order valence-corrected chi connectivity index (χ3v) is 6.79. The van der Waals surface area contributed by atoms with Gasteiger partial charge in [0.15, 0.2) is 0 Å². The van der Waals surface area contributed by atoms with Crippen LogP contribution >= 0.6 is 0 Å². The molecule has 2 saturated heterocycles. The average Bonchev–Trinajstić information content (AvgIpc) is 3.11. The van der Waals surface area contributed by atoms with Gasteiger partial charge in [0.25, 0.3) is 0 Å². The minimum Gasteiger partial charge on any atom is -0.365 e. The second kappa shape index (κ2) is 9.35. The SMILES string of the molecule is CCC1=CNC(c2cccc(N3CCCN(C4CCN(C(C)C)CC4)CC3)n2)N1. The lowest BCUT2D eigenvalue weighted by Gasteiger charge is -2.39. The zero-order valence-corrected chi connectivity index (χ0v) is 18.4. The zero-order chi connectivity index (χ0) is 20.2. The third kappa shape index (κ3) is 4.86. The highest BCUT2D eigenvalue weighted by atomic mass is 15.3. The van der Waals surface area contributed by atoms with E-state index in [1.54, 1.807) is 0 Å². The molecule has 0 aromatic carbocycles. The molecule has 4 rings (SSSR count). The molecule has 3 aliphatic rings. The van der Waals surface area contributed by atoms with E-state index in [9.17, 15) is 0 Å². The molecule has 4 heterocycles. The number of hydrogen-bond donors (Lipinski definition) is 2. The Hall–Kier alpha value is -1.79. The number of likely N-dealkylation sites (tertiary alicyclic amines) is 1. The van der Waals surface area contributed by atoms with Gasteiger partial charge in [-0.2, -0.15) is 0 Å². The summed E-state index contributed by atoms with van der Waals surface area (Å²) >= 11 is 0. The maximum atomic E-state index is 5.00. The zero-order valence-electron chi connectivity index (χ0n) is 18.4. The van der Waals surface area contributed by atoms with Crippen molar-refractivity contribution in [1.29, 1.82) is 0 Å². The lowest BCUT2D eigenvalue weighted by molar-refractivity contribution is 0.0965. The first kappa shape index (κ1) is 20.5. The van der Waals surface area contributed by atoms with Gasteiger partial charge < -0.3 is 20.4 Å². The lowest BCUT2D eigenvalue weighted by atomic mass is 10.0. The van der Waals surface area contributed by atoms with Crippen molar-refractivity contribution in [3.63, 3.8) is 0 Å². The molecule has 2 N–H and O–H groups in total. The molecule has 1 atom stereocenters. The summed E-state index contributed by atoms with van der Waals surface area (Å²) in [4.78, 5) is 12.9. The van der Waals surface area contributed by atoms with Crippen LogP contribution in [0, 0.1) is 0 Å². The fourth-order valence-electron chi connectivity index (χ4n) is 4.89. The van der Waals surface area contributed by atoms with Gasteiger partial charge in [-0.3, -0.25) is 4.90 Å². The van der Waals surface area contributed by atoms with Crippen molar-refractivity contribution in [1.82, 2.24) is 25.4 Å². The van der Waals surface area contributed by atoms with Crippen molar-refractivity contribution in [3.05, 3.63) is 35.8 Å². The Kier molecular flexibility index (Phi) is 6.60. The molecule has 2 fully saturated rings. The Balaban J connectivity index is 1.34. The van der Waals surface area contributed by atoms with Crippen LogP contribution in [-0.2, 0) is 0 Å². The first-order valence-electron chi connectivity index (χ1n) is 11.6. The number of nitrogens with one attached hydrogen (secondary N) is 2. The van der Waals surface area contributed by atoms with Gasteiger partial charge >= 0.3 is 0 Å². The maximum absolute atomic E-state index is 5.00. The summed E-state index contributed by atoms with van der Waals surface area (Å²) in [5.74, 6) is 1.12. The molecule has 0 aliphatic carbocycles. The van der Waals surface area contributed by atoms with Crippen LogP contribution in [0.1, 0.15) is 58.3 Å². The minimum absolute atomic E-state index is 0.0968. The van der Waals surface area contributed by atoms with E-state index in [4.69, 9.17) is 4.98 Å². The number of piperidine rings is 1. The lowest BCUT2D eigenvalue weighted by Crippen LogP contribution is -2.47. The van der Waals surface area contributed by atoms with E-state index in [1.807, 2.05) is 0 Å². The summed E-state index contributed by atoms with van der Waals surface area (Å²) in [5.41, 5.74) is 2.32. The molecule has 1 unspecified atom stereocenters. The molecule has 0 amide bonds. The van der Waals surface area contributed by atoms with Crippen molar-refractivity contribution < 1.29 is 0 Å². The number of pyridine rings is 1. The van der Waals surface area contributed by atoms with Gasteiger partial charge in [0.05, 0.1) is 5.69 Å². The molecule has 0 radical (unpaired) electrons. The number of hydrogen-bond acceptors (Lipinski definition) is 6. The fraction of sp³-hybridized carbons (Fsp3) is 0.696. The van der Waals surface area contributed by atoms with Gasteiger partial charge in [-0.15, -0.1) is 0 Å². The second-order valence-electron chi connectivity index (χ2n) is 8.93. The van der Waals surface area contributed by atoms with Gasteiger partial charge in [-0.25, -0.2) is 4.98 Å². The van der Waals surface area contributed by atoms with Crippen LogP contribution in [0.25, 0.3) is 0 Å². The van der Waals surface area contributed by atoms with Gasteiger partial charge in [0.2, 0.25) is 0 Å². The number of allylic oxidation sites excluding steroid dienone is 1. The molecule has 1 aromatic heterocycles. The fourth-order valence-corrected chi connectivity index (χ4v) is 4.89. The number of anilines is 1. The Morgan fingerprint density at radius 2 is 1.90 bits per heavy atom. The van der Waals surface area contributed by atoms with Crippen molar-refractivity contribution in [2.45, 2.75) is 64.7 Å². The van der Waals surface area contributed by atoms with Crippen LogP contribution < -0.4 is 15.5 Å². The number of rotatable bonds is 5. The Labute approximate surface area is 176 Å². The molecule has 6 heteroatoms. The summed E-state index contributed by atoms with van der Waals surface area (Å²) in [6.07, 6.45) is 7.04. The predicted octanol–water partition coefficient (Wildman–Crippen LogP) is 2.91. The molecule has 1 aromatic rings. The van der Waals surface area contributed by atoms with Crippen LogP contribution in [0.5, 0.6) is 0 Å². The Morgan fingerprint density at radius 1 is 1.07 bits per heavy atom. The largest absolute Gasteiger partial charge is 0.365 e. The first-order chi connectivity index (χ1) is 14.1. The quantitative estimate of drug-likeness (QED) is 0.795. The predicted molar refractivity (Wildman–Crippen MR) is 120 cm³/mol. The van der Waals surface area contributed by atoms with Gasteiger partial charge in [0.1, 0.15) is 12.0 Å². The molecule has 3 aliphatic heterocycles. The Bertz CT molecular complexity index is 694. The van der Waals surface area contributed by atoms with Crippen LogP contribution in [0.3, 0.4) is 0 Å². The number of nitrogens with zero attached hydrogens (tertiary/aromatic N) is 4. The third-order valence-electron chi connectivity index (χ3n) is 6.79. The van der Waals surface area contributed by atoms with Crippen molar-refractivity contribution in [3.8, 4) is 0 Å². The van der Waals surface area contributed by atoms with E-state index in [1.165, 1.54) is 44.6 Å². The molecular weight excluding hydrogens is 360 g/mol. The van der Waals surface area contributed by atoms with E-state index in [2.05, 4.69) is 70.5 Å². The second-order valence-corrected chi connectivity index (χ2v) is 8.93. The highest BCUT2D eigenvalue weighted by molar-refractivity contribution is 5.40. The topological polar surface area (TPSA) is 46.7 Å². The standard InChI is InChI=1S/C23H38N6/c1-4-19-17-24-23(25-19)21-7-5-8-22(26-21)29-12-6-11-28(15-16-29)20-9-13-27(14-10-20)18(2)3/h5,7-8,17-18,20,23-25H,4,6,9-16H2,1-3H3. The molecule has 0 bridgehead atoms. The van der Waals surface area contributed by atoms with Crippen molar-refractivity contribution in [2.24, 2.45) is 0 Å². The molecular formula is C23H38N6. The average molecular weight is 399 g/mol. The summed E-state index contributed by atoms with van der Waals surface area (Å²) in [6, 6.07) is 7.88. The van der Waals surface area contributed by atoms with E-state index < -0.39 is 0 Å². The van der Waals surface area contributed by atoms with E-state index in [-0.39, 0.29) is 6.17 Å². The molecule has 0 spiro atoms. The van der Waals surface area contributed by atoms with Crippen LogP contribution in [0.4, 0.5) is 5.82 Å². The molecule has 6 nitrogen and oxygen atoms in total. The summed E-state index contributed by atoms with van der Waals surface area (Å²) in [5, 5.41) is 6.93. The molecule has 0 saturated carbocycles. The Morgan fingerprint density at radius 3 is 2.62 bits per heavy atom. The highest BCUT2D eigenvalue weighted by Crippen LogP contribution is 2.23. The van der Waals surface area contributed by atoms with Gasteiger partial charge in [0, 0.05) is 50.2 Å². The van der Waals surface area contributed by atoms with Gasteiger partial charge in [-0.05, 0) is 64.8 Å². The van der Waals surface area contributed by atoms with Crippen molar-refractivity contribution in [2.75, 3.05) is 44.2 Å². The first-order valence-corrected chi connectivity index (χ1v) is 11.6.